The molecule has 0 radical (unpaired) electrons. The van der Waals surface area contributed by atoms with Crippen LogP contribution < -0.4 is 4.90 Å². The van der Waals surface area contributed by atoms with Crippen LogP contribution in [0.3, 0.4) is 0 Å². The molecule has 1 aromatic carbocycles. The number of benzene rings is 1. The third-order valence-electron chi connectivity index (χ3n) is 3.46. The van der Waals surface area contributed by atoms with Crippen molar-refractivity contribution in [3.63, 3.8) is 0 Å². The van der Waals surface area contributed by atoms with Crippen LogP contribution in [-0.4, -0.2) is 48.1 Å². The molecule has 1 aromatic rings. The molecule has 1 N–H and O–H groups in total. The van der Waals surface area contributed by atoms with E-state index in [-0.39, 0.29) is 12.5 Å². The van der Waals surface area contributed by atoms with Gasteiger partial charge in [0.25, 0.3) is 5.91 Å². The third kappa shape index (κ3) is 5.06. The summed E-state index contributed by atoms with van der Waals surface area (Å²) in [6, 6.07) is 7.41. The van der Waals surface area contributed by atoms with Gasteiger partial charge in [0.15, 0.2) is 0 Å². The largest absolute Gasteiger partial charge is 0.480 e. The molecular weight excluding hydrogens is 280 g/mol. The third-order valence-corrected chi connectivity index (χ3v) is 3.46. The maximum absolute atomic E-state index is 12.4. The summed E-state index contributed by atoms with van der Waals surface area (Å²) in [5.74, 6) is -1.21. The van der Waals surface area contributed by atoms with Crippen molar-refractivity contribution >= 4 is 17.6 Å². The van der Waals surface area contributed by atoms with Crippen LogP contribution in [0.5, 0.6) is 0 Å². The highest BCUT2D eigenvalue weighted by Gasteiger charge is 2.17. The Balaban J connectivity index is 2.87. The molecular formula is C17H26N2O3. The zero-order chi connectivity index (χ0) is 16.5. The van der Waals surface area contributed by atoms with Gasteiger partial charge in [-0.15, -0.1) is 0 Å². The van der Waals surface area contributed by atoms with Gasteiger partial charge in [0.05, 0.1) is 0 Å². The summed E-state index contributed by atoms with van der Waals surface area (Å²) in [4.78, 5) is 26.9. The monoisotopic (exact) mass is 306 g/mol. The second-order valence-corrected chi connectivity index (χ2v) is 5.25. The highest BCUT2D eigenvalue weighted by molar-refractivity contribution is 5.96. The molecule has 0 bridgehead atoms. The number of hydrogen-bond donors (Lipinski definition) is 1. The summed E-state index contributed by atoms with van der Waals surface area (Å²) in [6.45, 7) is 8.25. The summed E-state index contributed by atoms with van der Waals surface area (Å²) in [5, 5.41) is 8.91. The molecule has 0 saturated heterocycles. The molecule has 0 spiro atoms. The number of amides is 1. The van der Waals surface area contributed by atoms with Gasteiger partial charge in [-0.1, -0.05) is 13.8 Å². The van der Waals surface area contributed by atoms with E-state index in [0.717, 1.165) is 31.6 Å². The Hall–Kier alpha value is -2.04. The normalized spacial score (nSPS) is 10.3. The van der Waals surface area contributed by atoms with E-state index in [2.05, 4.69) is 18.7 Å². The van der Waals surface area contributed by atoms with Gasteiger partial charge in [-0.25, -0.2) is 0 Å². The van der Waals surface area contributed by atoms with Crippen molar-refractivity contribution in [2.24, 2.45) is 0 Å². The van der Waals surface area contributed by atoms with E-state index >= 15 is 0 Å². The second kappa shape index (κ2) is 9.07. The number of carboxylic acids is 1. The summed E-state index contributed by atoms with van der Waals surface area (Å²) in [5.41, 5.74) is 1.62. The Kier molecular flexibility index (Phi) is 7.43. The van der Waals surface area contributed by atoms with Crippen molar-refractivity contribution < 1.29 is 14.7 Å². The first kappa shape index (κ1) is 18.0. The second-order valence-electron chi connectivity index (χ2n) is 5.25. The minimum Gasteiger partial charge on any atom is -0.480 e. The van der Waals surface area contributed by atoms with Crippen LogP contribution in [0, 0.1) is 0 Å². The van der Waals surface area contributed by atoms with Crippen LogP contribution in [-0.2, 0) is 4.79 Å². The average Bonchev–Trinajstić information content (AvgIpc) is 2.51. The Morgan fingerprint density at radius 3 is 2.05 bits per heavy atom. The zero-order valence-corrected chi connectivity index (χ0v) is 13.7. The number of carbonyl (C=O) groups excluding carboxylic acids is 1. The molecule has 1 rings (SSSR count). The topological polar surface area (TPSA) is 60.9 Å². The van der Waals surface area contributed by atoms with Gasteiger partial charge in [-0.2, -0.15) is 0 Å². The predicted molar refractivity (Wildman–Crippen MR) is 88.5 cm³/mol. The maximum Gasteiger partial charge on any atom is 0.323 e. The zero-order valence-electron chi connectivity index (χ0n) is 13.7. The van der Waals surface area contributed by atoms with E-state index in [1.54, 1.807) is 12.1 Å². The minimum atomic E-state index is -0.987. The van der Waals surface area contributed by atoms with E-state index < -0.39 is 5.97 Å². The van der Waals surface area contributed by atoms with E-state index in [0.29, 0.717) is 12.1 Å². The molecule has 1 amide bonds. The van der Waals surface area contributed by atoms with Crippen LogP contribution in [0.2, 0.25) is 0 Å². The highest BCUT2D eigenvalue weighted by Crippen LogP contribution is 2.16. The number of anilines is 1. The first-order valence-electron chi connectivity index (χ1n) is 7.89. The molecule has 122 valence electrons. The molecule has 0 heterocycles. The quantitative estimate of drug-likeness (QED) is 0.762. The molecule has 5 nitrogen and oxygen atoms in total. The fourth-order valence-electron chi connectivity index (χ4n) is 2.42. The lowest BCUT2D eigenvalue weighted by Gasteiger charge is -2.23. The first-order chi connectivity index (χ1) is 10.5. The summed E-state index contributed by atoms with van der Waals surface area (Å²) in [6.07, 6.45) is 1.80. The number of carboxylic acid groups (broad SMARTS) is 1. The summed E-state index contributed by atoms with van der Waals surface area (Å²) >= 11 is 0. The molecule has 0 aliphatic rings. The van der Waals surface area contributed by atoms with Crippen molar-refractivity contribution in [2.45, 2.75) is 33.6 Å². The standard InChI is InChI=1S/C17H26N2O3/c1-4-11-18(6-3)15-9-7-14(8-10-15)17(22)19(12-5-2)13-16(20)21/h7-10H,4-6,11-13H2,1-3H3,(H,20,21). The van der Waals surface area contributed by atoms with Crippen LogP contribution in [0.15, 0.2) is 24.3 Å². The van der Waals surface area contributed by atoms with Crippen molar-refractivity contribution in [1.82, 2.24) is 4.90 Å². The van der Waals surface area contributed by atoms with Crippen molar-refractivity contribution in [3.05, 3.63) is 29.8 Å². The summed E-state index contributed by atoms with van der Waals surface area (Å²) < 4.78 is 0. The van der Waals surface area contributed by atoms with Crippen LogP contribution in [0.4, 0.5) is 5.69 Å². The lowest BCUT2D eigenvalue weighted by molar-refractivity contribution is -0.137. The Morgan fingerprint density at radius 2 is 1.59 bits per heavy atom. The van der Waals surface area contributed by atoms with Crippen molar-refractivity contribution in [3.8, 4) is 0 Å². The van der Waals surface area contributed by atoms with Gasteiger partial charge in [0.1, 0.15) is 6.54 Å². The van der Waals surface area contributed by atoms with E-state index in [4.69, 9.17) is 5.11 Å². The Labute approximate surface area is 132 Å². The Bertz CT molecular complexity index is 485. The molecule has 0 aliphatic heterocycles. The lowest BCUT2D eigenvalue weighted by atomic mass is 10.1. The predicted octanol–water partition coefficient (Wildman–Crippen LogP) is 2.86. The molecule has 22 heavy (non-hydrogen) atoms. The molecule has 0 aromatic heterocycles. The number of aliphatic carboxylic acids is 1. The number of rotatable bonds is 9. The molecule has 0 atom stereocenters. The van der Waals surface area contributed by atoms with Crippen LogP contribution >= 0.6 is 0 Å². The number of hydrogen-bond acceptors (Lipinski definition) is 3. The first-order valence-corrected chi connectivity index (χ1v) is 7.89. The van der Waals surface area contributed by atoms with Crippen molar-refractivity contribution in [2.75, 3.05) is 31.1 Å². The molecule has 0 unspecified atom stereocenters. The number of carbonyl (C=O) groups is 2. The lowest BCUT2D eigenvalue weighted by Crippen LogP contribution is -2.36. The maximum atomic E-state index is 12.4. The fraction of sp³-hybridized carbons (Fsp3) is 0.529. The average molecular weight is 306 g/mol. The van der Waals surface area contributed by atoms with Gasteiger partial charge >= 0.3 is 5.97 Å². The molecule has 0 aliphatic carbocycles. The fourth-order valence-corrected chi connectivity index (χ4v) is 2.42. The van der Waals surface area contributed by atoms with Gasteiger partial charge in [-0.3, -0.25) is 9.59 Å². The summed E-state index contributed by atoms with van der Waals surface area (Å²) in [7, 11) is 0. The minimum absolute atomic E-state index is 0.227. The van der Waals surface area contributed by atoms with E-state index in [9.17, 15) is 9.59 Å². The van der Waals surface area contributed by atoms with Gasteiger partial charge in [0, 0.05) is 30.9 Å². The van der Waals surface area contributed by atoms with Crippen LogP contribution in [0.1, 0.15) is 44.0 Å². The molecule has 5 heteroatoms. The smallest absolute Gasteiger partial charge is 0.323 e. The highest BCUT2D eigenvalue weighted by atomic mass is 16.4. The molecule has 0 fully saturated rings. The molecule has 0 saturated carbocycles. The van der Waals surface area contributed by atoms with E-state index in [1.165, 1.54) is 4.90 Å². The Morgan fingerprint density at radius 1 is 1.00 bits per heavy atom. The van der Waals surface area contributed by atoms with Gasteiger partial charge in [-0.05, 0) is 44.0 Å². The van der Waals surface area contributed by atoms with Gasteiger partial charge < -0.3 is 14.9 Å². The van der Waals surface area contributed by atoms with Gasteiger partial charge in [0.2, 0.25) is 0 Å². The number of nitrogens with zero attached hydrogens (tertiary/aromatic N) is 2. The SMILES string of the molecule is CCCN(CC(=O)O)C(=O)c1ccc(N(CC)CCC)cc1. The van der Waals surface area contributed by atoms with E-state index in [1.807, 2.05) is 19.1 Å². The van der Waals surface area contributed by atoms with Crippen LogP contribution in [0.25, 0.3) is 0 Å². The van der Waals surface area contributed by atoms with Crippen molar-refractivity contribution in [1.29, 1.82) is 0 Å².